The van der Waals surface area contributed by atoms with Crippen molar-refractivity contribution in [2.75, 3.05) is 12.0 Å². The number of anilines is 1. The second-order valence-electron chi connectivity index (χ2n) is 10.4. The molecule has 2 unspecified atom stereocenters. The van der Waals surface area contributed by atoms with Gasteiger partial charge in [0.1, 0.15) is 11.6 Å². The number of aryl methyl sites for hydroxylation is 5. The number of fused-ring (bicyclic) bond motifs is 3. The molecule has 0 saturated heterocycles. The molecule has 0 bridgehead atoms. The first kappa shape index (κ1) is 24.4. The van der Waals surface area contributed by atoms with Crippen molar-refractivity contribution in [2.24, 2.45) is 0 Å². The van der Waals surface area contributed by atoms with Gasteiger partial charge >= 0.3 is 0 Å². The molecule has 0 fully saturated rings. The van der Waals surface area contributed by atoms with Gasteiger partial charge in [-0.2, -0.15) is 9.61 Å². The summed E-state index contributed by atoms with van der Waals surface area (Å²) >= 11 is 0. The summed E-state index contributed by atoms with van der Waals surface area (Å²) < 4.78 is 7.70. The van der Waals surface area contributed by atoms with Crippen LogP contribution in [0, 0.1) is 34.6 Å². The van der Waals surface area contributed by atoms with E-state index in [2.05, 4.69) is 88.2 Å². The summed E-state index contributed by atoms with van der Waals surface area (Å²) in [6.45, 7) is 15.5. The van der Waals surface area contributed by atoms with Crippen LogP contribution in [0.5, 0.6) is 5.75 Å². The molecule has 2 aromatic carbocycles. The number of ether oxygens (including phenoxy) is 1. The van der Waals surface area contributed by atoms with Gasteiger partial charge < -0.3 is 9.64 Å². The minimum Gasteiger partial charge on any atom is -0.497 e. The molecule has 0 spiro atoms. The lowest BCUT2D eigenvalue weighted by atomic mass is 9.92. The number of methoxy groups -OCH3 is 1. The molecule has 5 nitrogen and oxygen atoms in total. The van der Waals surface area contributed by atoms with Crippen LogP contribution in [0.3, 0.4) is 0 Å². The molecule has 0 N–H and O–H groups in total. The Bertz CT molecular complexity index is 1430. The highest BCUT2D eigenvalue weighted by Crippen LogP contribution is 2.42. The number of benzene rings is 2. The molecule has 1 aliphatic heterocycles. The van der Waals surface area contributed by atoms with Crippen LogP contribution in [0.15, 0.2) is 36.4 Å². The van der Waals surface area contributed by atoms with Crippen LogP contribution in [-0.4, -0.2) is 27.7 Å². The maximum atomic E-state index is 5.56. The molecule has 36 heavy (non-hydrogen) atoms. The quantitative estimate of drug-likeness (QED) is 0.301. The summed E-state index contributed by atoms with van der Waals surface area (Å²) in [5.74, 6) is 2.09. The van der Waals surface area contributed by atoms with Crippen LogP contribution in [0.4, 0.5) is 5.82 Å². The van der Waals surface area contributed by atoms with Crippen LogP contribution >= 0.6 is 0 Å². The van der Waals surface area contributed by atoms with Crippen molar-refractivity contribution in [3.05, 3.63) is 75.6 Å². The van der Waals surface area contributed by atoms with E-state index in [1.54, 1.807) is 7.11 Å². The lowest BCUT2D eigenvalue weighted by Crippen LogP contribution is -2.42. The Morgan fingerprint density at radius 3 is 2.39 bits per heavy atom. The second-order valence-corrected chi connectivity index (χ2v) is 10.4. The summed E-state index contributed by atoms with van der Waals surface area (Å²) in [4.78, 5) is 7.79. The van der Waals surface area contributed by atoms with Crippen LogP contribution in [-0.2, 0) is 6.42 Å². The zero-order chi connectivity index (χ0) is 25.7. The van der Waals surface area contributed by atoms with Gasteiger partial charge in [0.25, 0.3) is 0 Å². The van der Waals surface area contributed by atoms with Gasteiger partial charge in [-0.15, -0.1) is 0 Å². The third-order valence-corrected chi connectivity index (χ3v) is 7.97. The molecule has 5 rings (SSSR count). The average molecular weight is 483 g/mol. The van der Waals surface area contributed by atoms with Gasteiger partial charge in [-0.05, 0) is 95.2 Å². The van der Waals surface area contributed by atoms with E-state index < -0.39 is 0 Å². The average Bonchev–Trinajstić information content (AvgIpc) is 3.17. The molecule has 2 atom stereocenters. The van der Waals surface area contributed by atoms with Crippen LogP contribution < -0.4 is 9.64 Å². The first-order valence-electron chi connectivity index (χ1n) is 13.1. The maximum absolute atomic E-state index is 5.56. The van der Waals surface area contributed by atoms with Crippen molar-refractivity contribution < 1.29 is 4.74 Å². The summed E-state index contributed by atoms with van der Waals surface area (Å²) in [5, 5.41) is 5.17. The van der Waals surface area contributed by atoms with Gasteiger partial charge in [-0.25, -0.2) is 4.98 Å². The molecule has 4 aromatic rings. The monoisotopic (exact) mass is 482 g/mol. The number of aromatic nitrogens is 3. The lowest BCUT2D eigenvalue weighted by Gasteiger charge is -2.43. The summed E-state index contributed by atoms with van der Waals surface area (Å²) in [6.07, 6.45) is 3.23. The van der Waals surface area contributed by atoms with Gasteiger partial charge in [0.15, 0.2) is 5.65 Å². The van der Waals surface area contributed by atoms with Crippen LogP contribution in [0.25, 0.3) is 16.8 Å². The van der Waals surface area contributed by atoms with Crippen molar-refractivity contribution in [1.82, 2.24) is 14.6 Å². The van der Waals surface area contributed by atoms with E-state index >= 15 is 0 Å². The van der Waals surface area contributed by atoms with Crippen LogP contribution in [0.2, 0.25) is 0 Å². The maximum Gasteiger partial charge on any atom is 0.165 e. The van der Waals surface area contributed by atoms with Crippen LogP contribution in [0.1, 0.15) is 71.9 Å². The zero-order valence-electron chi connectivity index (χ0n) is 22.9. The number of hydrogen-bond acceptors (Lipinski definition) is 4. The summed E-state index contributed by atoms with van der Waals surface area (Å²) in [5.41, 5.74) is 11.9. The minimum atomic E-state index is 0.171. The van der Waals surface area contributed by atoms with Crippen molar-refractivity contribution in [1.29, 1.82) is 0 Å². The molecule has 0 radical (unpaired) electrons. The predicted octanol–water partition coefficient (Wildman–Crippen LogP) is 7.24. The number of hydrogen-bond donors (Lipinski definition) is 0. The molecule has 2 aromatic heterocycles. The third kappa shape index (κ3) is 3.85. The topological polar surface area (TPSA) is 42.7 Å². The molecule has 3 heterocycles. The predicted molar refractivity (Wildman–Crippen MR) is 148 cm³/mol. The highest BCUT2D eigenvalue weighted by molar-refractivity contribution is 5.85. The molecule has 188 valence electrons. The van der Waals surface area contributed by atoms with Gasteiger partial charge in [-0.1, -0.05) is 36.8 Å². The normalized spacial score (nSPS) is 16.3. The first-order valence-corrected chi connectivity index (χ1v) is 13.1. The van der Waals surface area contributed by atoms with E-state index in [0.29, 0.717) is 6.04 Å². The highest BCUT2D eigenvalue weighted by atomic mass is 16.5. The number of nitrogens with zero attached hydrogens (tertiary/aromatic N) is 4. The third-order valence-electron chi connectivity index (χ3n) is 7.97. The smallest absolute Gasteiger partial charge is 0.165 e. The van der Waals surface area contributed by atoms with E-state index in [0.717, 1.165) is 47.6 Å². The lowest BCUT2D eigenvalue weighted by molar-refractivity contribution is 0.412. The van der Waals surface area contributed by atoms with E-state index in [1.165, 1.54) is 39.2 Å². The standard InChI is InChI=1S/C31H38N4O/c1-9-25-13-14-27-21(5)32-30-29(28-19(3)15-18(2)16-20(28)4)22(6)33-35(30)31(27)34(25)23(7)24-11-10-12-26(17-24)36-8/h10-12,15-17,23,25H,9,13-14H2,1-8H3. The van der Waals surface area contributed by atoms with Crippen molar-refractivity contribution in [3.8, 4) is 16.9 Å². The molecule has 5 heteroatoms. The SMILES string of the molecule is CCC1CCc2c(C)nc3c(-c4c(C)cc(C)cc4C)c(C)nn3c2N1C(C)c1cccc(OC)c1. The van der Waals surface area contributed by atoms with Gasteiger partial charge in [-0.3, -0.25) is 0 Å². The van der Waals surface area contributed by atoms with Gasteiger partial charge in [0.2, 0.25) is 0 Å². The fraction of sp³-hybridized carbons (Fsp3) is 0.419. The molecule has 0 amide bonds. The Balaban J connectivity index is 1.78. The highest BCUT2D eigenvalue weighted by Gasteiger charge is 2.34. The van der Waals surface area contributed by atoms with E-state index in [4.69, 9.17) is 14.8 Å². The Morgan fingerprint density at radius 2 is 1.72 bits per heavy atom. The number of rotatable bonds is 5. The van der Waals surface area contributed by atoms with E-state index in [9.17, 15) is 0 Å². The Kier molecular flexibility index (Phi) is 6.27. The van der Waals surface area contributed by atoms with Crippen molar-refractivity contribution in [2.45, 2.75) is 79.8 Å². The summed E-state index contributed by atoms with van der Waals surface area (Å²) in [6, 6.07) is 13.6. The van der Waals surface area contributed by atoms with Gasteiger partial charge in [0, 0.05) is 17.3 Å². The van der Waals surface area contributed by atoms with E-state index in [1.807, 2.05) is 6.07 Å². The Morgan fingerprint density at radius 1 is 1.00 bits per heavy atom. The Hall–Kier alpha value is -3.34. The molecular formula is C31H38N4O. The largest absolute Gasteiger partial charge is 0.497 e. The fourth-order valence-electron chi connectivity index (χ4n) is 6.29. The van der Waals surface area contributed by atoms with Crippen molar-refractivity contribution in [3.63, 3.8) is 0 Å². The summed E-state index contributed by atoms with van der Waals surface area (Å²) in [7, 11) is 1.73. The molecule has 1 aliphatic rings. The Labute approximate surface area is 215 Å². The first-order chi connectivity index (χ1) is 17.2. The second kappa shape index (κ2) is 9.27. The van der Waals surface area contributed by atoms with E-state index in [-0.39, 0.29) is 6.04 Å². The molecular weight excluding hydrogens is 444 g/mol. The fourth-order valence-corrected chi connectivity index (χ4v) is 6.29. The molecule has 0 saturated carbocycles. The molecule has 0 aliphatic carbocycles. The zero-order valence-corrected chi connectivity index (χ0v) is 22.9. The minimum absolute atomic E-state index is 0.171. The van der Waals surface area contributed by atoms with Crippen molar-refractivity contribution >= 4 is 11.5 Å². The van der Waals surface area contributed by atoms with Gasteiger partial charge in [0.05, 0.1) is 24.4 Å².